The minimum absolute atomic E-state index is 0.0142. The van der Waals surface area contributed by atoms with Gasteiger partial charge in [0.1, 0.15) is 11.3 Å². The minimum Gasteiger partial charge on any atom is -0.508 e. The third-order valence-corrected chi connectivity index (χ3v) is 2.58. The summed E-state index contributed by atoms with van der Waals surface area (Å²) in [6.45, 7) is 1.42. The number of hydrogen-bond donors (Lipinski definition) is 2. The van der Waals surface area contributed by atoms with Crippen LogP contribution >= 0.6 is 0 Å². The molecule has 88 valence electrons. The lowest BCUT2D eigenvalue weighted by molar-refractivity contribution is -0.138. The first-order valence-corrected chi connectivity index (χ1v) is 4.98. The van der Waals surface area contributed by atoms with Gasteiger partial charge in [0.15, 0.2) is 0 Å². The number of benzene rings is 1. The van der Waals surface area contributed by atoms with Gasteiger partial charge in [0.2, 0.25) is 0 Å². The molecule has 0 aliphatic carbocycles. The van der Waals surface area contributed by atoms with Crippen LogP contribution in [0.2, 0.25) is 0 Å². The Labute approximate surface area is 95.9 Å². The first kappa shape index (κ1) is 11.2. The van der Waals surface area contributed by atoms with Crippen molar-refractivity contribution in [1.29, 1.82) is 0 Å². The minimum atomic E-state index is -1.09. The zero-order valence-corrected chi connectivity index (χ0v) is 9.01. The Kier molecular flexibility index (Phi) is 2.59. The zero-order chi connectivity index (χ0) is 12.6. The molecule has 1 aromatic carbocycles. The van der Waals surface area contributed by atoms with Gasteiger partial charge in [-0.05, 0) is 25.1 Å². The quantitative estimate of drug-likeness (QED) is 0.772. The fourth-order valence-electron chi connectivity index (χ4n) is 1.55. The number of carbonyl (C=O) groups is 1. The molecule has 0 radical (unpaired) electrons. The van der Waals surface area contributed by atoms with E-state index in [1.807, 2.05) is 0 Å². The molecule has 2 N–H and O–H groups in total. The molecule has 1 aromatic heterocycles. The van der Waals surface area contributed by atoms with E-state index in [-0.39, 0.29) is 16.9 Å². The van der Waals surface area contributed by atoms with Gasteiger partial charge in [-0.2, -0.15) is 0 Å². The van der Waals surface area contributed by atoms with Crippen LogP contribution in [0.15, 0.2) is 33.5 Å². The van der Waals surface area contributed by atoms with Crippen molar-refractivity contribution >= 4 is 16.9 Å². The van der Waals surface area contributed by atoms with Gasteiger partial charge in [-0.1, -0.05) is 0 Å². The molecule has 17 heavy (non-hydrogen) atoms. The molecule has 0 aliphatic heterocycles. The number of fused-ring (bicyclic) bond motifs is 1. The fraction of sp³-hybridized carbons (Fsp3) is 0.167. The maximum absolute atomic E-state index is 11.6. The summed E-state index contributed by atoms with van der Waals surface area (Å²) in [5.74, 6) is -2.03. The highest BCUT2D eigenvalue weighted by Gasteiger charge is 2.19. The van der Waals surface area contributed by atoms with Crippen LogP contribution in [0.3, 0.4) is 0 Å². The second kappa shape index (κ2) is 3.93. The normalized spacial score (nSPS) is 12.5. The van der Waals surface area contributed by atoms with Crippen LogP contribution in [0.1, 0.15) is 18.4 Å². The van der Waals surface area contributed by atoms with Gasteiger partial charge >= 0.3 is 11.6 Å². The summed E-state index contributed by atoms with van der Waals surface area (Å²) in [4.78, 5) is 22.4. The smallest absolute Gasteiger partial charge is 0.340 e. The number of aromatic hydroxyl groups is 1. The van der Waals surface area contributed by atoms with E-state index < -0.39 is 17.5 Å². The second-order valence-electron chi connectivity index (χ2n) is 3.77. The van der Waals surface area contributed by atoms with E-state index in [0.29, 0.717) is 5.39 Å². The number of carboxylic acids is 1. The first-order chi connectivity index (χ1) is 7.99. The Morgan fingerprint density at radius 3 is 2.71 bits per heavy atom. The molecule has 2 aromatic rings. The van der Waals surface area contributed by atoms with Gasteiger partial charge in [-0.3, -0.25) is 4.79 Å². The average molecular weight is 234 g/mol. The van der Waals surface area contributed by atoms with Crippen molar-refractivity contribution in [2.75, 3.05) is 0 Å². The molecular weight excluding hydrogens is 224 g/mol. The first-order valence-electron chi connectivity index (χ1n) is 4.98. The predicted octanol–water partition coefficient (Wildman–Crippen LogP) is 1.69. The van der Waals surface area contributed by atoms with E-state index in [9.17, 15) is 14.7 Å². The molecule has 0 saturated carbocycles. The Morgan fingerprint density at radius 1 is 1.35 bits per heavy atom. The van der Waals surface area contributed by atoms with Gasteiger partial charge in [0.05, 0.1) is 11.5 Å². The summed E-state index contributed by atoms with van der Waals surface area (Å²) >= 11 is 0. The van der Waals surface area contributed by atoms with Crippen molar-refractivity contribution in [2.24, 2.45) is 0 Å². The van der Waals surface area contributed by atoms with Gasteiger partial charge < -0.3 is 14.6 Å². The maximum Gasteiger partial charge on any atom is 0.340 e. The molecule has 0 spiro atoms. The van der Waals surface area contributed by atoms with Gasteiger partial charge in [-0.25, -0.2) is 4.79 Å². The summed E-state index contributed by atoms with van der Waals surface area (Å²) in [7, 11) is 0. The van der Waals surface area contributed by atoms with E-state index in [1.165, 1.54) is 25.1 Å². The summed E-state index contributed by atoms with van der Waals surface area (Å²) in [6.07, 6.45) is 0. The van der Waals surface area contributed by atoms with Gasteiger partial charge in [0, 0.05) is 11.5 Å². The second-order valence-corrected chi connectivity index (χ2v) is 3.77. The summed E-state index contributed by atoms with van der Waals surface area (Å²) in [5, 5.41) is 18.7. The molecule has 0 aliphatic rings. The van der Waals surface area contributed by atoms with Crippen molar-refractivity contribution in [3.63, 3.8) is 0 Å². The number of rotatable bonds is 2. The summed E-state index contributed by atoms with van der Waals surface area (Å²) < 4.78 is 4.97. The van der Waals surface area contributed by atoms with Crippen molar-refractivity contribution in [3.05, 3.63) is 40.2 Å². The Hall–Kier alpha value is -2.30. The Bertz CT molecular complexity index is 641. The lowest BCUT2D eigenvalue weighted by Crippen LogP contribution is -2.16. The number of hydrogen-bond acceptors (Lipinski definition) is 4. The van der Waals surface area contributed by atoms with Crippen LogP contribution in [0, 0.1) is 0 Å². The zero-order valence-electron chi connectivity index (χ0n) is 9.01. The van der Waals surface area contributed by atoms with E-state index >= 15 is 0 Å². The number of phenolic OH excluding ortho intramolecular Hbond substituents is 1. The molecule has 5 heteroatoms. The predicted molar refractivity (Wildman–Crippen MR) is 60.2 cm³/mol. The van der Waals surface area contributed by atoms with Gasteiger partial charge in [-0.15, -0.1) is 0 Å². The highest BCUT2D eigenvalue weighted by Crippen LogP contribution is 2.21. The van der Waals surface area contributed by atoms with Crippen LogP contribution in [0.25, 0.3) is 11.0 Å². The molecule has 1 unspecified atom stereocenters. The number of carboxylic acid groups (broad SMARTS) is 1. The molecular formula is C12H10O5. The SMILES string of the molecule is CC(C(=O)O)c1cc2ccc(O)cc2oc1=O. The van der Waals surface area contributed by atoms with Crippen LogP contribution in [-0.4, -0.2) is 16.2 Å². The summed E-state index contributed by atoms with van der Waals surface area (Å²) in [6, 6.07) is 5.79. The maximum atomic E-state index is 11.6. The molecule has 5 nitrogen and oxygen atoms in total. The van der Waals surface area contributed by atoms with Crippen molar-refractivity contribution in [2.45, 2.75) is 12.8 Å². The van der Waals surface area contributed by atoms with Crippen molar-refractivity contribution in [1.82, 2.24) is 0 Å². The molecule has 2 rings (SSSR count). The van der Waals surface area contributed by atoms with Crippen molar-refractivity contribution < 1.29 is 19.4 Å². The molecule has 0 amide bonds. The third-order valence-electron chi connectivity index (χ3n) is 2.58. The largest absolute Gasteiger partial charge is 0.508 e. The average Bonchev–Trinajstić information content (AvgIpc) is 2.27. The molecule has 0 bridgehead atoms. The van der Waals surface area contributed by atoms with E-state index in [2.05, 4.69) is 0 Å². The Morgan fingerprint density at radius 2 is 2.06 bits per heavy atom. The lowest BCUT2D eigenvalue weighted by Gasteiger charge is -2.06. The van der Waals surface area contributed by atoms with Crippen LogP contribution < -0.4 is 5.63 Å². The molecule has 1 heterocycles. The highest BCUT2D eigenvalue weighted by atomic mass is 16.4. The highest BCUT2D eigenvalue weighted by molar-refractivity contribution is 5.81. The van der Waals surface area contributed by atoms with Crippen molar-refractivity contribution in [3.8, 4) is 5.75 Å². The Balaban J connectivity index is 2.68. The van der Waals surface area contributed by atoms with E-state index in [0.717, 1.165) is 0 Å². The summed E-state index contributed by atoms with van der Waals surface area (Å²) in [5.41, 5.74) is -0.370. The molecule has 0 saturated heterocycles. The monoisotopic (exact) mass is 234 g/mol. The standard InChI is InChI=1S/C12H10O5/c1-6(11(14)15)9-4-7-2-3-8(13)5-10(7)17-12(9)16/h2-6,13H,1H3,(H,14,15). The molecule has 0 fully saturated rings. The molecule has 1 atom stereocenters. The third kappa shape index (κ3) is 1.99. The van der Waals surface area contributed by atoms with E-state index in [1.54, 1.807) is 6.07 Å². The van der Waals surface area contributed by atoms with Crippen LogP contribution in [-0.2, 0) is 4.79 Å². The topological polar surface area (TPSA) is 87.7 Å². The van der Waals surface area contributed by atoms with Gasteiger partial charge in [0.25, 0.3) is 0 Å². The van der Waals surface area contributed by atoms with E-state index in [4.69, 9.17) is 9.52 Å². The number of aliphatic carboxylic acids is 1. The number of phenols is 1. The lowest BCUT2D eigenvalue weighted by atomic mass is 10.0. The fourth-order valence-corrected chi connectivity index (χ4v) is 1.55. The van der Waals surface area contributed by atoms with Crippen LogP contribution in [0.4, 0.5) is 0 Å². The van der Waals surface area contributed by atoms with Crippen LogP contribution in [0.5, 0.6) is 5.75 Å².